The van der Waals surface area contributed by atoms with Gasteiger partial charge in [0.15, 0.2) is 0 Å². The summed E-state index contributed by atoms with van der Waals surface area (Å²) in [6.07, 6.45) is 3.27. The van der Waals surface area contributed by atoms with Crippen molar-refractivity contribution in [3.8, 4) is 11.5 Å². The molecule has 33 heavy (non-hydrogen) atoms. The molecule has 0 unspecified atom stereocenters. The van der Waals surface area contributed by atoms with Gasteiger partial charge in [0.1, 0.15) is 11.5 Å². The number of benzene rings is 2. The summed E-state index contributed by atoms with van der Waals surface area (Å²) in [6, 6.07) is 0. The molecular weight excluding hydrogens is 485 g/mol. The summed E-state index contributed by atoms with van der Waals surface area (Å²) in [5, 5.41) is 0. The summed E-state index contributed by atoms with van der Waals surface area (Å²) < 4.78 is 12.9. The highest BCUT2D eigenvalue weighted by molar-refractivity contribution is 8.76. The van der Waals surface area contributed by atoms with E-state index in [1.165, 1.54) is 55.6 Å². The van der Waals surface area contributed by atoms with Crippen LogP contribution in [0.1, 0.15) is 74.9 Å². The molecule has 0 aliphatic carbocycles. The van der Waals surface area contributed by atoms with E-state index < -0.39 is 0 Å². The Morgan fingerprint density at radius 2 is 0.727 bits per heavy atom. The molecule has 0 radical (unpaired) electrons. The average molecular weight is 521 g/mol. The van der Waals surface area contributed by atoms with Crippen molar-refractivity contribution in [1.29, 1.82) is 0 Å². The van der Waals surface area contributed by atoms with Crippen LogP contribution in [0.5, 0.6) is 11.5 Å². The van der Waals surface area contributed by atoms with Gasteiger partial charge in [0.05, 0.1) is 13.2 Å². The topological polar surface area (TPSA) is 18.5 Å². The Hall–Kier alpha value is -0.560. The Kier molecular flexibility index (Phi) is 8.86. The predicted molar refractivity (Wildman–Crippen MR) is 151 cm³/mol. The van der Waals surface area contributed by atoms with Crippen molar-refractivity contribution >= 4 is 43.2 Å². The monoisotopic (exact) mass is 520 g/mol. The molecule has 6 bridgehead atoms. The van der Waals surface area contributed by atoms with Crippen LogP contribution in [0.15, 0.2) is 0 Å². The fourth-order valence-electron chi connectivity index (χ4n) is 5.03. The molecule has 0 saturated heterocycles. The molecule has 6 heteroatoms. The van der Waals surface area contributed by atoms with E-state index in [-0.39, 0.29) is 0 Å². The van der Waals surface area contributed by atoms with Gasteiger partial charge in [-0.2, -0.15) is 0 Å². The van der Waals surface area contributed by atoms with Crippen LogP contribution in [0.3, 0.4) is 0 Å². The van der Waals surface area contributed by atoms with Crippen molar-refractivity contribution in [2.75, 3.05) is 13.2 Å². The van der Waals surface area contributed by atoms with Crippen molar-refractivity contribution in [2.24, 2.45) is 0 Å². The molecule has 3 heterocycles. The van der Waals surface area contributed by atoms with E-state index >= 15 is 0 Å². The maximum atomic E-state index is 6.44. The Morgan fingerprint density at radius 1 is 0.424 bits per heavy atom. The maximum absolute atomic E-state index is 6.44. The lowest BCUT2D eigenvalue weighted by atomic mass is 9.94. The normalized spacial score (nSPS) is 17.5. The van der Waals surface area contributed by atoms with E-state index in [1.807, 2.05) is 43.2 Å². The van der Waals surface area contributed by atoms with Crippen LogP contribution in [0.25, 0.3) is 0 Å². The van der Waals surface area contributed by atoms with E-state index in [0.717, 1.165) is 67.0 Å². The Bertz CT molecular complexity index is 884. The molecule has 0 spiro atoms. The molecule has 180 valence electrons. The molecule has 2 aromatic rings. The third-order valence-electron chi connectivity index (χ3n) is 7.24. The maximum Gasteiger partial charge on any atom is 0.125 e. The molecule has 3 aliphatic heterocycles. The first-order valence-corrected chi connectivity index (χ1v) is 16.9. The minimum Gasteiger partial charge on any atom is -0.493 e. The molecule has 0 aromatic heterocycles. The summed E-state index contributed by atoms with van der Waals surface area (Å²) in [5.74, 6) is 6.33. The molecular formula is C27H36O2S4. The number of hydrogen-bond acceptors (Lipinski definition) is 6. The van der Waals surface area contributed by atoms with Crippen molar-refractivity contribution in [2.45, 2.75) is 83.8 Å². The van der Waals surface area contributed by atoms with E-state index in [1.54, 1.807) is 0 Å². The van der Waals surface area contributed by atoms with E-state index in [2.05, 4.69) is 41.5 Å². The lowest BCUT2D eigenvalue weighted by Gasteiger charge is -2.24. The highest BCUT2D eigenvalue weighted by atomic mass is 33.1. The van der Waals surface area contributed by atoms with Crippen LogP contribution in [0, 0.1) is 41.5 Å². The zero-order valence-electron chi connectivity index (χ0n) is 20.8. The number of hydrogen-bond donors (Lipinski definition) is 0. The SMILES string of the molecule is Cc1c2c(C)c3c(C)c1CSSCc1c(C)c(c(C)c(c1C)OCCCCCO3)CSSC2. The lowest BCUT2D eigenvalue weighted by Crippen LogP contribution is -2.08. The second-order valence-corrected chi connectivity index (χ2v) is 14.1. The second kappa shape index (κ2) is 11.5. The Morgan fingerprint density at radius 3 is 1.03 bits per heavy atom. The fourth-order valence-corrected chi connectivity index (χ4v) is 9.98. The smallest absolute Gasteiger partial charge is 0.125 e. The standard InChI is InChI=1S/C27H36O2S4/c1-16-22-12-30-32-14-24-17(2)25-15-33-31-13-23(16)19(4)26(18(22)3)28-10-8-7-9-11-29-27(20(24)5)21(25)6/h7-15H2,1-6H3. The summed E-state index contributed by atoms with van der Waals surface area (Å²) in [7, 11) is 7.92. The van der Waals surface area contributed by atoms with E-state index in [4.69, 9.17) is 9.47 Å². The van der Waals surface area contributed by atoms with Crippen molar-refractivity contribution in [1.82, 2.24) is 0 Å². The van der Waals surface area contributed by atoms with Crippen LogP contribution >= 0.6 is 43.2 Å². The molecule has 0 saturated carbocycles. The number of rotatable bonds is 0. The fraction of sp³-hybridized carbons (Fsp3) is 0.556. The van der Waals surface area contributed by atoms with Crippen molar-refractivity contribution in [3.05, 3.63) is 55.6 Å². The Balaban J connectivity index is 1.82. The van der Waals surface area contributed by atoms with Gasteiger partial charge in [-0.3, -0.25) is 0 Å². The minimum atomic E-state index is 0.782. The van der Waals surface area contributed by atoms with Crippen LogP contribution in [-0.4, -0.2) is 13.2 Å². The first kappa shape index (κ1) is 25.5. The zero-order valence-corrected chi connectivity index (χ0v) is 24.1. The third kappa shape index (κ3) is 5.34. The van der Waals surface area contributed by atoms with Crippen LogP contribution in [0.4, 0.5) is 0 Å². The van der Waals surface area contributed by atoms with Crippen molar-refractivity contribution < 1.29 is 9.47 Å². The molecule has 2 nitrogen and oxygen atoms in total. The first-order valence-electron chi connectivity index (χ1n) is 11.9. The quantitative estimate of drug-likeness (QED) is 0.320. The summed E-state index contributed by atoms with van der Waals surface area (Å²) in [6.45, 7) is 15.3. The molecule has 0 atom stereocenters. The molecule has 5 rings (SSSR count). The van der Waals surface area contributed by atoms with Gasteiger partial charge in [-0.15, -0.1) is 0 Å². The average Bonchev–Trinajstić information content (AvgIpc) is 2.78. The highest BCUT2D eigenvalue weighted by Crippen LogP contribution is 2.44. The first-order chi connectivity index (χ1) is 15.9. The third-order valence-corrected chi connectivity index (χ3v) is 11.6. The van der Waals surface area contributed by atoms with Gasteiger partial charge < -0.3 is 9.47 Å². The van der Waals surface area contributed by atoms with Gasteiger partial charge in [-0.25, -0.2) is 0 Å². The summed E-state index contributed by atoms with van der Waals surface area (Å²) in [4.78, 5) is 0. The summed E-state index contributed by atoms with van der Waals surface area (Å²) >= 11 is 0. The second-order valence-electron chi connectivity index (χ2n) is 9.13. The summed E-state index contributed by atoms with van der Waals surface area (Å²) in [5.41, 5.74) is 14.2. The van der Waals surface area contributed by atoms with Gasteiger partial charge in [0.2, 0.25) is 0 Å². The molecule has 0 N–H and O–H groups in total. The Labute approximate surface area is 215 Å². The van der Waals surface area contributed by atoms with Gasteiger partial charge in [-0.05, 0) is 116 Å². The van der Waals surface area contributed by atoms with Crippen molar-refractivity contribution in [3.63, 3.8) is 0 Å². The van der Waals surface area contributed by atoms with Gasteiger partial charge in [-0.1, -0.05) is 43.2 Å². The van der Waals surface area contributed by atoms with Crippen LogP contribution in [0.2, 0.25) is 0 Å². The molecule has 3 aliphatic rings. The van der Waals surface area contributed by atoms with Gasteiger partial charge in [0, 0.05) is 23.0 Å². The van der Waals surface area contributed by atoms with E-state index in [9.17, 15) is 0 Å². The number of fused-ring (bicyclic) bond motifs is 12. The molecule has 0 amide bonds. The van der Waals surface area contributed by atoms with Crippen LogP contribution in [-0.2, 0) is 23.0 Å². The molecule has 2 aromatic carbocycles. The lowest BCUT2D eigenvalue weighted by molar-refractivity contribution is 0.275. The van der Waals surface area contributed by atoms with Gasteiger partial charge >= 0.3 is 0 Å². The van der Waals surface area contributed by atoms with E-state index in [0.29, 0.717) is 0 Å². The predicted octanol–water partition coefficient (Wildman–Crippen LogP) is 8.96. The zero-order chi connectivity index (χ0) is 23.5. The number of ether oxygens (including phenoxy) is 2. The minimum absolute atomic E-state index is 0.782. The highest BCUT2D eigenvalue weighted by Gasteiger charge is 2.22. The van der Waals surface area contributed by atoms with Crippen LogP contribution < -0.4 is 9.47 Å². The largest absolute Gasteiger partial charge is 0.493 e. The molecule has 0 fully saturated rings. The van der Waals surface area contributed by atoms with Gasteiger partial charge in [0.25, 0.3) is 0 Å².